The Morgan fingerprint density at radius 1 is 0.451 bits per heavy atom. The van der Waals surface area contributed by atoms with Crippen molar-refractivity contribution in [1.29, 1.82) is 0 Å². The van der Waals surface area contributed by atoms with Crippen molar-refractivity contribution in [3.05, 3.63) is 193 Å². The molecule has 5 nitrogen and oxygen atoms in total. The number of fused-ring (bicyclic) bond motifs is 6. The minimum absolute atomic E-state index is 0.0658. The molecule has 0 aliphatic carbocycles. The molecular weight excluding hydrogens is 623 g/mol. The summed E-state index contributed by atoms with van der Waals surface area (Å²) < 4.78 is 4.79. The van der Waals surface area contributed by atoms with Crippen molar-refractivity contribution in [3.8, 4) is 11.4 Å². The molecule has 51 heavy (non-hydrogen) atoms. The van der Waals surface area contributed by atoms with Gasteiger partial charge in [0.1, 0.15) is 18.2 Å². The molecule has 2 atom stereocenters. The zero-order chi connectivity index (χ0) is 33.9. The van der Waals surface area contributed by atoms with Crippen molar-refractivity contribution in [2.45, 2.75) is 12.3 Å². The highest BCUT2D eigenvalue weighted by atomic mass is 15.4. The second kappa shape index (κ2) is 11.9. The summed E-state index contributed by atoms with van der Waals surface area (Å²) in [5.74, 6) is 0.971. The van der Waals surface area contributed by atoms with E-state index < -0.39 is 0 Å². The van der Waals surface area contributed by atoms with Gasteiger partial charge in [-0.1, -0.05) is 127 Å². The van der Waals surface area contributed by atoms with Gasteiger partial charge in [-0.15, -0.1) is 0 Å². The van der Waals surface area contributed by atoms with Crippen LogP contribution < -0.4 is 5.32 Å². The van der Waals surface area contributed by atoms with Gasteiger partial charge in [-0.25, -0.2) is 4.99 Å². The van der Waals surface area contributed by atoms with Gasteiger partial charge in [0, 0.05) is 45.5 Å². The molecule has 0 radical (unpaired) electrons. The number of nitrogens with one attached hydrogen (secondary N) is 1. The van der Waals surface area contributed by atoms with Gasteiger partial charge in [0.15, 0.2) is 0 Å². The summed E-state index contributed by atoms with van der Waals surface area (Å²) in [6.45, 7) is 0. The predicted molar refractivity (Wildman–Crippen MR) is 211 cm³/mol. The van der Waals surface area contributed by atoms with E-state index in [2.05, 4.69) is 202 Å². The van der Waals surface area contributed by atoms with E-state index in [4.69, 9.17) is 4.99 Å². The molecule has 0 spiro atoms. The Bertz CT molecular complexity index is 2690. The van der Waals surface area contributed by atoms with Gasteiger partial charge in [-0.2, -0.15) is 0 Å². The molecule has 1 aliphatic rings. The first-order valence-corrected chi connectivity index (χ1v) is 17.5. The number of aromatic nitrogens is 2. The van der Waals surface area contributed by atoms with Gasteiger partial charge in [0.05, 0.1) is 22.1 Å². The number of nitrogens with zero attached hydrogens (tertiary/aromatic N) is 4. The van der Waals surface area contributed by atoms with Gasteiger partial charge in [-0.05, 0) is 59.7 Å². The summed E-state index contributed by atoms with van der Waals surface area (Å²) in [6.07, 6.45) is -0.229. The quantitative estimate of drug-likeness (QED) is 0.200. The third kappa shape index (κ3) is 4.78. The molecule has 0 saturated heterocycles. The number of amidine groups is 1. The van der Waals surface area contributed by atoms with Crippen LogP contribution in [-0.4, -0.2) is 26.9 Å². The first-order chi connectivity index (χ1) is 25.2. The van der Waals surface area contributed by atoms with E-state index in [0.717, 1.165) is 28.3 Å². The lowest BCUT2D eigenvalue weighted by molar-refractivity contribution is 0.257. The molecule has 1 N–H and O–H groups in total. The van der Waals surface area contributed by atoms with Gasteiger partial charge >= 0.3 is 0 Å². The number of aliphatic imine (C=N–C) groups is 1. The van der Waals surface area contributed by atoms with Crippen molar-refractivity contribution in [3.63, 3.8) is 0 Å². The maximum atomic E-state index is 5.19. The molecule has 0 fully saturated rings. The summed E-state index contributed by atoms with van der Waals surface area (Å²) in [4.78, 5) is 7.44. The monoisotopic (exact) mass is 657 g/mol. The number of para-hydroxylation sites is 3. The molecule has 5 heteroatoms. The van der Waals surface area contributed by atoms with Gasteiger partial charge < -0.3 is 14.0 Å². The smallest absolute Gasteiger partial charge is 0.134 e. The molecule has 1 aliphatic heterocycles. The summed E-state index contributed by atoms with van der Waals surface area (Å²) in [6, 6.07) is 63.0. The van der Waals surface area contributed by atoms with Crippen molar-refractivity contribution < 1.29 is 0 Å². The summed E-state index contributed by atoms with van der Waals surface area (Å²) in [5.41, 5.74) is 10.5. The van der Waals surface area contributed by atoms with E-state index in [9.17, 15) is 0 Å². The Hall–Kier alpha value is -6.43. The lowest BCUT2D eigenvalue weighted by Gasteiger charge is -2.39. The second-order valence-corrected chi connectivity index (χ2v) is 13.3. The van der Waals surface area contributed by atoms with E-state index in [-0.39, 0.29) is 12.3 Å². The topological polar surface area (TPSA) is 37.5 Å². The average Bonchev–Trinajstić information content (AvgIpc) is 3.71. The minimum Gasteiger partial charge on any atom is -0.340 e. The minimum atomic E-state index is -0.164. The van der Waals surface area contributed by atoms with Crippen molar-refractivity contribution >= 4 is 49.4 Å². The number of hydrogen-bond donors (Lipinski definition) is 1. The maximum Gasteiger partial charge on any atom is 0.134 e. The molecule has 2 unspecified atom stereocenters. The molecule has 10 rings (SSSR count). The highest BCUT2D eigenvalue weighted by Crippen LogP contribution is 2.37. The van der Waals surface area contributed by atoms with Crippen molar-refractivity contribution in [2.75, 3.05) is 7.05 Å². The molecule has 244 valence electrons. The Labute approximate surface area is 296 Å². The van der Waals surface area contributed by atoms with Gasteiger partial charge in [0.25, 0.3) is 0 Å². The summed E-state index contributed by atoms with van der Waals surface area (Å²) in [7, 11) is 2.13. The van der Waals surface area contributed by atoms with Crippen LogP contribution in [0.5, 0.6) is 0 Å². The average molecular weight is 658 g/mol. The molecule has 2 aromatic heterocycles. The molecule has 3 heterocycles. The Balaban J connectivity index is 1.07. The summed E-state index contributed by atoms with van der Waals surface area (Å²) >= 11 is 0. The van der Waals surface area contributed by atoms with Crippen molar-refractivity contribution in [2.24, 2.45) is 4.99 Å². The number of hydrogen-bond acceptors (Lipinski definition) is 3. The molecule has 0 amide bonds. The van der Waals surface area contributed by atoms with E-state index in [1.165, 1.54) is 49.2 Å². The molecular formula is C46H35N5. The van der Waals surface area contributed by atoms with Gasteiger partial charge in [-0.3, -0.25) is 5.32 Å². The van der Waals surface area contributed by atoms with Crippen LogP contribution in [0.1, 0.15) is 29.0 Å². The Morgan fingerprint density at radius 2 is 0.941 bits per heavy atom. The fraction of sp³-hybridized carbons (Fsp3) is 0.0652. The molecule has 0 bridgehead atoms. The maximum absolute atomic E-state index is 5.19. The molecule has 9 aromatic rings. The van der Waals surface area contributed by atoms with E-state index in [0.29, 0.717) is 0 Å². The predicted octanol–water partition coefficient (Wildman–Crippen LogP) is 10.6. The van der Waals surface area contributed by atoms with Crippen LogP contribution in [0.4, 0.5) is 0 Å². The highest BCUT2D eigenvalue weighted by molar-refractivity contribution is 6.12. The second-order valence-electron chi connectivity index (χ2n) is 13.3. The largest absolute Gasteiger partial charge is 0.340 e. The first kappa shape index (κ1) is 29.5. The fourth-order valence-electron chi connectivity index (χ4n) is 8.01. The normalized spacial score (nSPS) is 16.3. The number of benzene rings is 7. The van der Waals surface area contributed by atoms with Crippen LogP contribution in [0.15, 0.2) is 181 Å². The van der Waals surface area contributed by atoms with Crippen LogP contribution >= 0.6 is 0 Å². The fourth-order valence-corrected chi connectivity index (χ4v) is 8.01. The van der Waals surface area contributed by atoms with Crippen LogP contribution in [0.2, 0.25) is 0 Å². The zero-order valence-electron chi connectivity index (χ0n) is 28.2. The van der Waals surface area contributed by atoms with E-state index in [1.807, 2.05) is 0 Å². The van der Waals surface area contributed by atoms with Crippen LogP contribution in [-0.2, 0) is 0 Å². The van der Waals surface area contributed by atoms with Gasteiger partial charge in [0.2, 0.25) is 0 Å². The van der Waals surface area contributed by atoms with E-state index >= 15 is 0 Å². The zero-order valence-corrected chi connectivity index (χ0v) is 28.2. The third-order valence-corrected chi connectivity index (χ3v) is 10.4. The molecule has 0 saturated carbocycles. The lowest BCUT2D eigenvalue weighted by Crippen LogP contribution is -2.46. The van der Waals surface area contributed by atoms with Crippen LogP contribution in [0, 0.1) is 0 Å². The number of rotatable bonds is 5. The Kier molecular flexibility index (Phi) is 6.86. The van der Waals surface area contributed by atoms with Crippen LogP contribution in [0.3, 0.4) is 0 Å². The highest BCUT2D eigenvalue weighted by Gasteiger charge is 2.30. The Morgan fingerprint density at radius 3 is 1.57 bits per heavy atom. The summed E-state index contributed by atoms with van der Waals surface area (Å²) in [5, 5.41) is 8.83. The first-order valence-electron chi connectivity index (χ1n) is 17.5. The lowest BCUT2D eigenvalue weighted by atomic mass is 10.1. The SMILES string of the molecule is CN1C(c2ccccc2)=NC(c2ccccc2)NC1c1ccc(-n2c3ccccc3c3cc(-n4c5ccccc5c5ccccc54)ccc32)cc1. The molecule has 7 aromatic carbocycles. The van der Waals surface area contributed by atoms with E-state index in [1.54, 1.807) is 0 Å². The standard InChI is InChI=1S/C46H35N5/c1-49-45(32-16-6-3-7-17-32)47-44(31-14-4-2-5-15-31)48-46(49)33-24-26-34(27-25-33)50-42-23-13-10-20-38(42)39-30-35(28-29-43(39)50)51-40-21-11-8-18-36(40)37-19-9-12-22-41(37)51/h2-30,44,46,48H,1H3. The van der Waals surface area contributed by atoms with Crippen molar-refractivity contribution in [1.82, 2.24) is 19.4 Å². The van der Waals surface area contributed by atoms with Crippen LogP contribution in [0.25, 0.3) is 55.0 Å². The third-order valence-electron chi connectivity index (χ3n) is 10.4.